The van der Waals surface area contributed by atoms with Gasteiger partial charge in [0.25, 0.3) is 0 Å². The SMILES string of the molecule is C/C=C(\CCC(C)C1CCC2C3CC=C4CCCCC4(C)C3CCC12C)C(C)C. The van der Waals surface area contributed by atoms with Gasteiger partial charge >= 0.3 is 0 Å². The molecule has 7 atom stereocenters. The van der Waals surface area contributed by atoms with Crippen LogP contribution in [0.2, 0.25) is 0 Å². The molecule has 3 saturated carbocycles. The molecule has 0 heteroatoms. The summed E-state index contributed by atoms with van der Waals surface area (Å²) in [7, 11) is 0. The minimum Gasteiger partial charge on any atom is -0.0882 e. The highest BCUT2D eigenvalue weighted by molar-refractivity contribution is 5.24. The molecule has 0 saturated heterocycles. The first-order chi connectivity index (χ1) is 13.8. The normalized spacial score (nSPS) is 43.4. The molecular formula is C29H48. The van der Waals surface area contributed by atoms with Crippen molar-refractivity contribution < 1.29 is 0 Å². The Morgan fingerprint density at radius 2 is 1.86 bits per heavy atom. The third-order valence-electron chi connectivity index (χ3n) is 10.8. The van der Waals surface area contributed by atoms with Gasteiger partial charge in [-0.25, -0.2) is 0 Å². The molecule has 0 aromatic rings. The van der Waals surface area contributed by atoms with Crippen molar-refractivity contribution in [2.24, 2.45) is 46.3 Å². The molecule has 3 fully saturated rings. The van der Waals surface area contributed by atoms with Crippen LogP contribution in [-0.2, 0) is 0 Å². The van der Waals surface area contributed by atoms with E-state index in [2.05, 4.69) is 53.7 Å². The van der Waals surface area contributed by atoms with Gasteiger partial charge in [-0.1, -0.05) is 64.3 Å². The number of hydrogen-bond acceptors (Lipinski definition) is 0. The summed E-state index contributed by atoms with van der Waals surface area (Å²) in [4.78, 5) is 0. The van der Waals surface area contributed by atoms with Gasteiger partial charge in [0.2, 0.25) is 0 Å². The maximum absolute atomic E-state index is 2.74. The van der Waals surface area contributed by atoms with Gasteiger partial charge in [-0.05, 0) is 117 Å². The monoisotopic (exact) mass is 396 g/mol. The summed E-state index contributed by atoms with van der Waals surface area (Å²) >= 11 is 0. The summed E-state index contributed by atoms with van der Waals surface area (Å²) in [6, 6.07) is 0. The molecule has 164 valence electrons. The third kappa shape index (κ3) is 3.59. The third-order valence-corrected chi connectivity index (χ3v) is 10.8. The Hall–Kier alpha value is -0.520. The second-order valence-corrected chi connectivity index (χ2v) is 12.2. The Morgan fingerprint density at radius 3 is 2.59 bits per heavy atom. The van der Waals surface area contributed by atoms with Gasteiger partial charge in [-0.3, -0.25) is 0 Å². The van der Waals surface area contributed by atoms with Crippen molar-refractivity contribution in [1.82, 2.24) is 0 Å². The summed E-state index contributed by atoms with van der Waals surface area (Å²) in [5, 5.41) is 0. The van der Waals surface area contributed by atoms with Crippen LogP contribution in [0, 0.1) is 46.3 Å². The first-order valence-corrected chi connectivity index (χ1v) is 13.2. The van der Waals surface area contributed by atoms with Crippen molar-refractivity contribution in [1.29, 1.82) is 0 Å². The molecule has 0 radical (unpaired) electrons. The van der Waals surface area contributed by atoms with Gasteiger partial charge in [0.15, 0.2) is 0 Å². The Labute approximate surface area is 182 Å². The van der Waals surface area contributed by atoms with E-state index in [0.29, 0.717) is 16.7 Å². The molecule has 0 heterocycles. The zero-order valence-electron chi connectivity index (χ0n) is 20.4. The molecular weight excluding hydrogens is 348 g/mol. The van der Waals surface area contributed by atoms with Crippen LogP contribution in [0.4, 0.5) is 0 Å². The highest BCUT2D eigenvalue weighted by atomic mass is 14.6. The first-order valence-electron chi connectivity index (χ1n) is 13.2. The Morgan fingerprint density at radius 1 is 1.07 bits per heavy atom. The van der Waals surface area contributed by atoms with Crippen LogP contribution >= 0.6 is 0 Å². The number of fused-ring (bicyclic) bond motifs is 5. The van der Waals surface area contributed by atoms with Crippen LogP contribution in [0.15, 0.2) is 23.3 Å². The quantitative estimate of drug-likeness (QED) is 0.407. The molecule has 4 rings (SSSR count). The van der Waals surface area contributed by atoms with Crippen LogP contribution in [0.1, 0.15) is 112 Å². The van der Waals surface area contributed by atoms with Gasteiger partial charge in [0, 0.05) is 0 Å². The molecule has 0 nitrogen and oxygen atoms in total. The van der Waals surface area contributed by atoms with Crippen molar-refractivity contribution >= 4 is 0 Å². The minimum absolute atomic E-state index is 0.560. The van der Waals surface area contributed by atoms with E-state index in [9.17, 15) is 0 Å². The van der Waals surface area contributed by atoms with Gasteiger partial charge in [0.05, 0.1) is 0 Å². The lowest BCUT2D eigenvalue weighted by atomic mass is 9.47. The van der Waals surface area contributed by atoms with Crippen LogP contribution in [0.25, 0.3) is 0 Å². The first kappa shape index (κ1) is 21.7. The predicted octanol–water partition coefficient (Wildman–Crippen LogP) is 8.97. The van der Waals surface area contributed by atoms with E-state index in [-0.39, 0.29) is 0 Å². The fourth-order valence-electron chi connectivity index (χ4n) is 9.04. The molecule has 0 N–H and O–H groups in total. The average Bonchev–Trinajstić information content (AvgIpc) is 3.05. The van der Waals surface area contributed by atoms with Crippen LogP contribution in [-0.4, -0.2) is 0 Å². The van der Waals surface area contributed by atoms with E-state index in [4.69, 9.17) is 0 Å². The Balaban J connectivity index is 1.48. The van der Waals surface area contributed by atoms with E-state index in [0.717, 1.165) is 29.6 Å². The van der Waals surface area contributed by atoms with Crippen molar-refractivity contribution in [3.05, 3.63) is 23.3 Å². The van der Waals surface area contributed by atoms with E-state index in [1.807, 2.05) is 5.57 Å². The molecule has 4 aliphatic carbocycles. The lowest BCUT2D eigenvalue weighted by Crippen LogP contribution is -2.50. The second kappa shape index (κ2) is 8.20. The van der Waals surface area contributed by atoms with Crippen molar-refractivity contribution in [2.75, 3.05) is 0 Å². The molecule has 0 aliphatic heterocycles. The van der Waals surface area contributed by atoms with E-state index in [1.54, 1.807) is 5.57 Å². The summed E-state index contributed by atoms with van der Waals surface area (Å²) < 4.78 is 0. The molecule has 29 heavy (non-hydrogen) atoms. The fourth-order valence-corrected chi connectivity index (χ4v) is 9.04. The summed E-state index contributed by atoms with van der Waals surface area (Å²) in [6.07, 6.45) is 21.1. The lowest BCUT2D eigenvalue weighted by molar-refractivity contribution is -0.0498. The molecule has 0 bridgehead atoms. The summed E-state index contributed by atoms with van der Waals surface area (Å²) in [6.45, 7) is 15.0. The zero-order chi connectivity index (χ0) is 20.8. The van der Waals surface area contributed by atoms with Crippen molar-refractivity contribution in [3.8, 4) is 0 Å². The second-order valence-electron chi connectivity index (χ2n) is 12.2. The highest BCUT2D eigenvalue weighted by Crippen LogP contribution is 2.67. The van der Waals surface area contributed by atoms with Crippen LogP contribution in [0.3, 0.4) is 0 Å². The van der Waals surface area contributed by atoms with Gasteiger partial charge in [-0.2, -0.15) is 0 Å². The van der Waals surface area contributed by atoms with E-state index < -0.39 is 0 Å². The average molecular weight is 397 g/mol. The van der Waals surface area contributed by atoms with E-state index in [1.165, 1.54) is 70.6 Å². The van der Waals surface area contributed by atoms with Crippen molar-refractivity contribution in [2.45, 2.75) is 112 Å². The number of allylic oxidation sites excluding steroid dienone is 4. The lowest BCUT2D eigenvalue weighted by Gasteiger charge is -2.58. The molecule has 0 aromatic carbocycles. The molecule has 7 unspecified atom stereocenters. The number of rotatable bonds is 5. The molecule has 4 aliphatic rings. The van der Waals surface area contributed by atoms with Gasteiger partial charge in [-0.15, -0.1) is 0 Å². The fraction of sp³-hybridized carbons (Fsp3) is 0.862. The zero-order valence-corrected chi connectivity index (χ0v) is 20.4. The summed E-state index contributed by atoms with van der Waals surface area (Å²) in [5.41, 5.74) is 4.72. The molecule has 0 aromatic heterocycles. The largest absolute Gasteiger partial charge is 0.0882 e. The van der Waals surface area contributed by atoms with Crippen molar-refractivity contribution in [3.63, 3.8) is 0 Å². The molecule has 0 spiro atoms. The Kier molecular flexibility index (Phi) is 6.14. The topological polar surface area (TPSA) is 0 Å². The maximum atomic E-state index is 2.74. The number of hydrogen-bond donors (Lipinski definition) is 0. The van der Waals surface area contributed by atoms with Crippen LogP contribution in [0.5, 0.6) is 0 Å². The minimum atomic E-state index is 0.560. The van der Waals surface area contributed by atoms with Crippen LogP contribution < -0.4 is 0 Å². The van der Waals surface area contributed by atoms with Gasteiger partial charge < -0.3 is 0 Å². The maximum Gasteiger partial charge on any atom is -0.00853 e. The van der Waals surface area contributed by atoms with Gasteiger partial charge in [0.1, 0.15) is 0 Å². The smallest absolute Gasteiger partial charge is 0.00853 e. The standard InChI is InChI=1S/C29H48/c1-7-22(20(2)3)12-11-21(4)25-15-16-26-24-14-13-23-10-8-9-18-28(23,5)27(24)17-19-29(25,26)6/h7,13,20-21,24-27H,8-12,14-19H2,1-6H3/b22-7+. The Bertz CT molecular complexity index is 651. The molecule has 0 amide bonds. The summed E-state index contributed by atoms with van der Waals surface area (Å²) in [5.74, 6) is 5.54. The highest BCUT2D eigenvalue weighted by Gasteiger charge is 2.58. The van der Waals surface area contributed by atoms with E-state index >= 15 is 0 Å². The predicted molar refractivity (Wildman–Crippen MR) is 127 cm³/mol.